The lowest BCUT2D eigenvalue weighted by molar-refractivity contribution is -0.213. The second-order valence-electron chi connectivity index (χ2n) is 3.39. The van der Waals surface area contributed by atoms with E-state index < -0.39 is 23.7 Å². The summed E-state index contributed by atoms with van der Waals surface area (Å²) < 4.78 is 9.48. The molecule has 0 spiro atoms. The van der Waals surface area contributed by atoms with Gasteiger partial charge in [-0.2, -0.15) is 0 Å². The Morgan fingerprint density at radius 3 is 2.25 bits per heavy atom. The topological polar surface area (TPSA) is 89.9 Å². The molecule has 0 atom stereocenters. The molecule has 6 heteroatoms. The van der Waals surface area contributed by atoms with Crippen LogP contribution in [0, 0.1) is 0 Å². The highest BCUT2D eigenvalue weighted by atomic mass is 16.7. The molecule has 0 amide bonds. The lowest BCUT2D eigenvalue weighted by atomic mass is 10.3. The number of carboxylic acids is 1. The molecule has 0 aliphatic rings. The molecule has 0 heterocycles. The Balaban J connectivity index is 4.14. The molecule has 0 aliphatic carbocycles. The number of aliphatic carboxylic acids is 1. The predicted molar refractivity (Wildman–Crippen MR) is 53.3 cm³/mol. The van der Waals surface area contributed by atoms with Crippen LogP contribution in [-0.2, 0) is 23.9 Å². The standard InChI is InChI=1S/C10H14O6/c1-4-8(13)15-10(2,3)16-9(14)6-5-7(11)12/h4H,1,5-6H2,2-3H3,(H,11,12). The summed E-state index contributed by atoms with van der Waals surface area (Å²) in [6.45, 7) is 5.93. The van der Waals surface area contributed by atoms with Crippen molar-refractivity contribution in [2.75, 3.05) is 0 Å². The molecule has 0 aliphatic heterocycles. The smallest absolute Gasteiger partial charge is 0.333 e. The Morgan fingerprint density at radius 1 is 1.25 bits per heavy atom. The summed E-state index contributed by atoms with van der Waals surface area (Å²) in [6, 6.07) is 0. The van der Waals surface area contributed by atoms with Crippen molar-refractivity contribution < 1.29 is 29.0 Å². The van der Waals surface area contributed by atoms with Gasteiger partial charge in [-0.3, -0.25) is 9.59 Å². The monoisotopic (exact) mass is 230 g/mol. The van der Waals surface area contributed by atoms with Crippen LogP contribution in [0.1, 0.15) is 26.7 Å². The Morgan fingerprint density at radius 2 is 1.81 bits per heavy atom. The zero-order valence-electron chi connectivity index (χ0n) is 9.19. The van der Waals surface area contributed by atoms with Gasteiger partial charge in [0.25, 0.3) is 5.79 Å². The Labute approximate surface area is 92.8 Å². The Kier molecular flexibility index (Phi) is 5.21. The maximum atomic E-state index is 11.1. The maximum Gasteiger partial charge on any atom is 0.333 e. The van der Waals surface area contributed by atoms with Crippen LogP contribution in [0.2, 0.25) is 0 Å². The highest BCUT2D eigenvalue weighted by Crippen LogP contribution is 2.13. The highest BCUT2D eigenvalue weighted by molar-refractivity contribution is 5.82. The second kappa shape index (κ2) is 5.89. The van der Waals surface area contributed by atoms with Crippen molar-refractivity contribution >= 4 is 17.9 Å². The van der Waals surface area contributed by atoms with E-state index in [1.807, 2.05) is 0 Å². The molecular formula is C10H14O6. The van der Waals surface area contributed by atoms with Crippen LogP contribution in [0.3, 0.4) is 0 Å². The molecule has 0 radical (unpaired) electrons. The van der Waals surface area contributed by atoms with Crippen molar-refractivity contribution in [1.29, 1.82) is 0 Å². The molecule has 1 N–H and O–H groups in total. The average Bonchev–Trinajstić information content (AvgIpc) is 2.13. The number of ether oxygens (including phenoxy) is 2. The van der Waals surface area contributed by atoms with E-state index in [0.29, 0.717) is 0 Å². The first-order valence-corrected chi connectivity index (χ1v) is 4.56. The minimum atomic E-state index is -1.43. The van der Waals surface area contributed by atoms with Crippen LogP contribution in [-0.4, -0.2) is 28.8 Å². The molecule has 0 bridgehead atoms. The minimum absolute atomic E-state index is 0.273. The van der Waals surface area contributed by atoms with Gasteiger partial charge in [-0.25, -0.2) is 4.79 Å². The van der Waals surface area contributed by atoms with Gasteiger partial charge < -0.3 is 14.6 Å². The van der Waals surface area contributed by atoms with Crippen LogP contribution in [0.5, 0.6) is 0 Å². The molecule has 6 nitrogen and oxygen atoms in total. The molecule has 90 valence electrons. The van der Waals surface area contributed by atoms with E-state index in [2.05, 4.69) is 6.58 Å². The minimum Gasteiger partial charge on any atom is -0.481 e. The normalized spacial score (nSPS) is 10.4. The number of rotatable bonds is 6. The molecule has 0 aromatic carbocycles. The molecule has 0 saturated carbocycles. The maximum absolute atomic E-state index is 11.1. The largest absolute Gasteiger partial charge is 0.481 e. The fraction of sp³-hybridized carbons (Fsp3) is 0.500. The molecule has 0 unspecified atom stereocenters. The van der Waals surface area contributed by atoms with Gasteiger partial charge in [0, 0.05) is 19.9 Å². The van der Waals surface area contributed by atoms with E-state index in [1.165, 1.54) is 13.8 Å². The number of hydrogen-bond donors (Lipinski definition) is 1. The lowest BCUT2D eigenvalue weighted by Gasteiger charge is -2.24. The van der Waals surface area contributed by atoms with E-state index in [1.54, 1.807) is 0 Å². The van der Waals surface area contributed by atoms with Gasteiger partial charge >= 0.3 is 17.9 Å². The van der Waals surface area contributed by atoms with Crippen molar-refractivity contribution in [2.45, 2.75) is 32.5 Å². The third-order valence-corrected chi connectivity index (χ3v) is 1.42. The molecule has 0 rings (SSSR count). The fourth-order valence-electron chi connectivity index (χ4n) is 0.839. The summed E-state index contributed by atoms with van der Waals surface area (Å²) >= 11 is 0. The average molecular weight is 230 g/mol. The zero-order valence-corrected chi connectivity index (χ0v) is 9.19. The molecular weight excluding hydrogens is 216 g/mol. The van der Waals surface area contributed by atoms with Gasteiger partial charge in [-0.15, -0.1) is 0 Å². The van der Waals surface area contributed by atoms with Gasteiger partial charge in [-0.1, -0.05) is 6.58 Å². The third kappa shape index (κ3) is 6.58. The van der Waals surface area contributed by atoms with E-state index in [0.717, 1.165) is 6.08 Å². The Bertz CT molecular complexity index is 304. The number of esters is 2. The van der Waals surface area contributed by atoms with Gasteiger partial charge in [0.15, 0.2) is 0 Å². The summed E-state index contributed by atoms with van der Waals surface area (Å²) in [4.78, 5) is 32.2. The number of hydrogen-bond acceptors (Lipinski definition) is 5. The van der Waals surface area contributed by atoms with Gasteiger partial charge in [0.1, 0.15) is 0 Å². The Hall–Kier alpha value is -1.85. The fourth-order valence-corrected chi connectivity index (χ4v) is 0.839. The first-order valence-electron chi connectivity index (χ1n) is 4.56. The third-order valence-electron chi connectivity index (χ3n) is 1.42. The van der Waals surface area contributed by atoms with Crippen molar-refractivity contribution in [3.8, 4) is 0 Å². The van der Waals surface area contributed by atoms with E-state index >= 15 is 0 Å². The van der Waals surface area contributed by atoms with Crippen LogP contribution >= 0.6 is 0 Å². The number of carbonyl (C=O) groups is 3. The van der Waals surface area contributed by atoms with Crippen LogP contribution in [0.25, 0.3) is 0 Å². The van der Waals surface area contributed by atoms with Crippen LogP contribution in [0.15, 0.2) is 12.7 Å². The van der Waals surface area contributed by atoms with Crippen LogP contribution < -0.4 is 0 Å². The predicted octanol–water partition coefficient (Wildman–Crippen LogP) is 0.860. The number of carboxylic acid groups (broad SMARTS) is 1. The van der Waals surface area contributed by atoms with Crippen molar-refractivity contribution in [1.82, 2.24) is 0 Å². The van der Waals surface area contributed by atoms with Crippen molar-refractivity contribution in [3.05, 3.63) is 12.7 Å². The molecule has 0 fully saturated rings. The summed E-state index contributed by atoms with van der Waals surface area (Å²) in [5, 5.41) is 8.34. The summed E-state index contributed by atoms with van der Waals surface area (Å²) in [6.07, 6.45) is 0.335. The second-order valence-corrected chi connectivity index (χ2v) is 3.39. The van der Waals surface area contributed by atoms with Gasteiger partial charge in [0.2, 0.25) is 0 Å². The van der Waals surface area contributed by atoms with Crippen LogP contribution in [0.4, 0.5) is 0 Å². The molecule has 0 saturated heterocycles. The van der Waals surface area contributed by atoms with E-state index in [-0.39, 0.29) is 12.8 Å². The zero-order chi connectivity index (χ0) is 12.8. The van der Waals surface area contributed by atoms with Crippen molar-refractivity contribution in [3.63, 3.8) is 0 Å². The highest BCUT2D eigenvalue weighted by Gasteiger charge is 2.26. The SMILES string of the molecule is C=CC(=O)OC(C)(C)OC(=O)CCC(=O)O. The summed E-state index contributed by atoms with van der Waals surface area (Å²) in [5.74, 6) is -4.00. The van der Waals surface area contributed by atoms with E-state index in [4.69, 9.17) is 14.6 Å². The van der Waals surface area contributed by atoms with Crippen molar-refractivity contribution in [2.24, 2.45) is 0 Å². The molecule has 16 heavy (non-hydrogen) atoms. The number of carbonyl (C=O) groups excluding carboxylic acids is 2. The molecule has 0 aromatic rings. The molecule has 0 aromatic heterocycles. The van der Waals surface area contributed by atoms with E-state index in [9.17, 15) is 14.4 Å². The quantitative estimate of drug-likeness (QED) is 0.413. The first kappa shape index (κ1) is 14.2. The summed E-state index contributed by atoms with van der Waals surface area (Å²) in [5.41, 5.74) is 0. The lowest BCUT2D eigenvalue weighted by Crippen LogP contribution is -2.33. The van der Waals surface area contributed by atoms with Gasteiger partial charge in [0.05, 0.1) is 12.8 Å². The summed E-state index contributed by atoms with van der Waals surface area (Å²) in [7, 11) is 0. The first-order chi connectivity index (χ1) is 7.26. The van der Waals surface area contributed by atoms with Gasteiger partial charge in [-0.05, 0) is 0 Å².